The third-order valence-corrected chi connectivity index (χ3v) is 3.79. The minimum Gasteiger partial charge on any atom is -0.494 e. The van der Waals surface area contributed by atoms with E-state index in [2.05, 4.69) is 24.1 Å². The van der Waals surface area contributed by atoms with Crippen molar-refractivity contribution < 1.29 is 9.84 Å². The first-order chi connectivity index (χ1) is 9.11. The third kappa shape index (κ3) is 4.22. The first-order valence-electron chi connectivity index (χ1n) is 7.24. The Morgan fingerprint density at radius 2 is 1.84 bits per heavy atom. The molecule has 0 radical (unpaired) electrons. The Balaban J connectivity index is 1.86. The molecule has 0 bridgehead atoms. The van der Waals surface area contributed by atoms with Gasteiger partial charge in [-0.05, 0) is 44.5 Å². The summed E-state index contributed by atoms with van der Waals surface area (Å²) in [5.74, 6) is 0.920. The van der Waals surface area contributed by atoms with Crippen molar-refractivity contribution in [2.75, 3.05) is 20.2 Å². The molecular weight excluding hydrogens is 238 g/mol. The molecular formula is C16H25NO2. The molecule has 0 atom stereocenters. The van der Waals surface area contributed by atoms with Gasteiger partial charge in [-0.1, -0.05) is 25.0 Å². The minimum absolute atomic E-state index is 0.458. The second-order valence-electron chi connectivity index (χ2n) is 5.68. The lowest BCUT2D eigenvalue weighted by molar-refractivity contribution is 0.0145. The lowest BCUT2D eigenvalue weighted by Crippen LogP contribution is -2.38. The van der Waals surface area contributed by atoms with Gasteiger partial charge in [0.2, 0.25) is 0 Å². The standard InChI is InChI=1S/C16H25NO2/c1-3-19-15-8-6-14(7-9-15)12-17(2)13-16(18)10-4-5-11-16/h6-9,18H,3-5,10-13H2,1-2H3. The van der Waals surface area contributed by atoms with Gasteiger partial charge in [-0.3, -0.25) is 4.90 Å². The molecule has 1 aromatic carbocycles. The smallest absolute Gasteiger partial charge is 0.119 e. The summed E-state index contributed by atoms with van der Waals surface area (Å²) >= 11 is 0. The van der Waals surface area contributed by atoms with E-state index >= 15 is 0 Å². The highest BCUT2D eigenvalue weighted by Gasteiger charge is 2.31. The van der Waals surface area contributed by atoms with Crippen LogP contribution in [0.25, 0.3) is 0 Å². The molecule has 0 aromatic heterocycles. The molecule has 0 spiro atoms. The average Bonchev–Trinajstić information content (AvgIpc) is 2.78. The van der Waals surface area contributed by atoms with Crippen LogP contribution in [0.15, 0.2) is 24.3 Å². The van der Waals surface area contributed by atoms with Crippen LogP contribution >= 0.6 is 0 Å². The van der Waals surface area contributed by atoms with Gasteiger partial charge < -0.3 is 9.84 Å². The van der Waals surface area contributed by atoms with E-state index in [1.807, 2.05) is 19.1 Å². The molecule has 1 aromatic rings. The molecule has 106 valence electrons. The topological polar surface area (TPSA) is 32.7 Å². The van der Waals surface area contributed by atoms with Crippen molar-refractivity contribution in [2.24, 2.45) is 0 Å². The summed E-state index contributed by atoms with van der Waals surface area (Å²) in [6.45, 7) is 4.32. The largest absolute Gasteiger partial charge is 0.494 e. The summed E-state index contributed by atoms with van der Waals surface area (Å²) < 4.78 is 5.44. The van der Waals surface area contributed by atoms with Crippen LogP contribution in [-0.4, -0.2) is 35.8 Å². The van der Waals surface area contributed by atoms with Crippen LogP contribution in [0.4, 0.5) is 0 Å². The van der Waals surface area contributed by atoms with Crippen LogP contribution in [0, 0.1) is 0 Å². The normalized spacial score (nSPS) is 17.9. The van der Waals surface area contributed by atoms with E-state index in [-0.39, 0.29) is 0 Å². The van der Waals surface area contributed by atoms with E-state index < -0.39 is 5.60 Å². The Bertz CT molecular complexity index is 382. The molecule has 1 fully saturated rings. The van der Waals surface area contributed by atoms with Crippen LogP contribution in [0.1, 0.15) is 38.2 Å². The van der Waals surface area contributed by atoms with Gasteiger partial charge in [0.05, 0.1) is 12.2 Å². The number of hydrogen-bond acceptors (Lipinski definition) is 3. The first-order valence-corrected chi connectivity index (χ1v) is 7.24. The highest BCUT2D eigenvalue weighted by molar-refractivity contribution is 5.27. The zero-order valence-electron chi connectivity index (χ0n) is 12.1. The SMILES string of the molecule is CCOc1ccc(CN(C)CC2(O)CCCC2)cc1. The summed E-state index contributed by atoms with van der Waals surface area (Å²) in [5, 5.41) is 10.4. The van der Waals surface area contributed by atoms with Crippen molar-refractivity contribution in [3.05, 3.63) is 29.8 Å². The summed E-state index contributed by atoms with van der Waals surface area (Å²) in [5.41, 5.74) is 0.799. The first kappa shape index (κ1) is 14.4. The van der Waals surface area contributed by atoms with Gasteiger partial charge in [-0.15, -0.1) is 0 Å². The highest BCUT2D eigenvalue weighted by Crippen LogP contribution is 2.30. The second kappa shape index (κ2) is 6.40. The molecule has 0 saturated heterocycles. The molecule has 0 amide bonds. The summed E-state index contributed by atoms with van der Waals surface area (Å²) in [7, 11) is 2.08. The van der Waals surface area contributed by atoms with Crippen molar-refractivity contribution >= 4 is 0 Å². The zero-order chi connectivity index (χ0) is 13.7. The van der Waals surface area contributed by atoms with E-state index in [0.29, 0.717) is 6.61 Å². The van der Waals surface area contributed by atoms with Crippen molar-refractivity contribution in [2.45, 2.75) is 44.8 Å². The Labute approximate surface area is 116 Å². The number of nitrogens with zero attached hydrogens (tertiary/aromatic N) is 1. The van der Waals surface area contributed by atoms with Crippen LogP contribution in [0.5, 0.6) is 5.75 Å². The Kier molecular flexibility index (Phi) is 4.83. The molecule has 0 aliphatic heterocycles. The molecule has 0 heterocycles. The van der Waals surface area contributed by atoms with E-state index in [1.54, 1.807) is 0 Å². The summed E-state index contributed by atoms with van der Waals surface area (Å²) in [6, 6.07) is 8.22. The molecule has 3 nitrogen and oxygen atoms in total. The fourth-order valence-electron chi connectivity index (χ4n) is 2.92. The number of rotatable bonds is 6. The molecule has 19 heavy (non-hydrogen) atoms. The van der Waals surface area contributed by atoms with Crippen LogP contribution in [-0.2, 0) is 6.54 Å². The maximum atomic E-state index is 10.4. The Morgan fingerprint density at radius 3 is 2.42 bits per heavy atom. The molecule has 2 rings (SSSR count). The highest BCUT2D eigenvalue weighted by atomic mass is 16.5. The minimum atomic E-state index is -0.458. The molecule has 1 saturated carbocycles. The molecule has 0 unspecified atom stereocenters. The van der Waals surface area contributed by atoms with E-state index in [9.17, 15) is 5.11 Å². The van der Waals surface area contributed by atoms with Gasteiger partial charge in [0.1, 0.15) is 5.75 Å². The summed E-state index contributed by atoms with van der Waals surface area (Å²) in [4.78, 5) is 2.21. The van der Waals surface area contributed by atoms with Gasteiger partial charge in [0.25, 0.3) is 0 Å². The number of likely N-dealkylation sites (N-methyl/N-ethyl adjacent to an activating group) is 1. The van der Waals surface area contributed by atoms with Gasteiger partial charge >= 0.3 is 0 Å². The number of hydrogen-bond donors (Lipinski definition) is 1. The van der Waals surface area contributed by atoms with Gasteiger partial charge in [-0.25, -0.2) is 0 Å². The Morgan fingerprint density at radius 1 is 1.21 bits per heavy atom. The molecule has 1 N–H and O–H groups in total. The third-order valence-electron chi connectivity index (χ3n) is 3.79. The summed E-state index contributed by atoms with van der Waals surface area (Å²) in [6.07, 6.45) is 4.21. The molecule has 1 aliphatic rings. The second-order valence-corrected chi connectivity index (χ2v) is 5.68. The number of benzene rings is 1. The lowest BCUT2D eigenvalue weighted by atomic mass is 10.0. The number of aliphatic hydroxyl groups is 1. The maximum absolute atomic E-state index is 10.4. The van der Waals surface area contributed by atoms with Gasteiger partial charge in [0, 0.05) is 13.1 Å². The quantitative estimate of drug-likeness (QED) is 0.856. The predicted octanol–water partition coefficient (Wildman–Crippen LogP) is 2.82. The van der Waals surface area contributed by atoms with Crippen molar-refractivity contribution in [3.8, 4) is 5.75 Å². The van der Waals surface area contributed by atoms with Crippen molar-refractivity contribution in [1.82, 2.24) is 4.90 Å². The maximum Gasteiger partial charge on any atom is 0.119 e. The lowest BCUT2D eigenvalue weighted by Gasteiger charge is -2.28. The monoisotopic (exact) mass is 263 g/mol. The molecule has 1 aliphatic carbocycles. The fourth-order valence-corrected chi connectivity index (χ4v) is 2.92. The fraction of sp³-hybridized carbons (Fsp3) is 0.625. The van der Waals surface area contributed by atoms with Gasteiger partial charge in [-0.2, -0.15) is 0 Å². The van der Waals surface area contributed by atoms with Crippen molar-refractivity contribution in [1.29, 1.82) is 0 Å². The van der Waals surface area contributed by atoms with E-state index in [1.165, 1.54) is 5.56 Å². The number of ether oxygens (including phenoxy) is 1. The van der Waals surface area contributed by atoms with Crippen LogP contribution in [0.3, 0.4) is 0 Å². The van der Waals surface area contributed by atoms with Crippen molar-refractivity contribution in [3.63, 3.8) is 0 Å². The predicted molar refractivity (Wildman–Crippen MR) is 77.4 cm³/mol. The van der Waals surface area contributed by atoms with Crippen LogP contribution < -0.4 is 4.74 Å². The molecule has 3 heteroatoms. The average molecular weight is 263 g/mol. The van der Waals surface area contributed by atoms with E-state index in [0.717, 1.165) is 44.5 Å². The zero-order valence-corrected chi connectivity index (χ0v) is 12.1. The Hall–Kier alpha value is -1.06. The van der Waals surface area contributed by atoms with E-state index in [4.69, 9.17) is 4.74 Å². The van der Waals surface area contributed by atoms with Crippen LogP contribution in [0.2, 0.25) is 0 Å². The van der Waals surface area contributed by atoms with Gasteiger partial charge in [0.15, 0.2) is 0 Å².